The zero-order chi connectivity index (χ0) is 19.1. The van der Waals surface area contributed by atoms with E-state index in [1.807, 2.05) is 32.9 Å². The average molecular weight is 361 g/mol. The highest BCUT2D eigenvalue weighted by Gasteiger charge is 2.31. The summed E-state index contributed by atoms with van der Waals surface area (Å²) in [6.45, 7) is 6.01. The highest BCUT2D eigenvalue weighted by atomic mass is 16.5. The molecule has 5 heteroatoms. The van der Waals surface area contributed by atoms with Gasteiger partial charge in [0.25, 0.3) is 0 Å². The molecule has 1 aliphatic rings. The van der Waals surface area contributed by atoms with Crippen LogP contribution in [-0.2, 0) is 16.0 Å². The van der Waals surface area contributed by atoms with Crippen LogP contribution in [0.2, 0.25) is 0 Å². The second kappa shape index (κ2) is 9.60. The predicted molar refractivity (Wildman–Crippen MR) is 101 cm³/mol. The van der Waals surface area contributed by atoms with Gasteiger partial charge in [-0.2, -0.15) is 0 Å². The number of amides is 1. The van der Waals surface area contributed by atoms with E-state index < -0.39 is 5.97 Å². The average Bonchev–Trinajstić information content (AvgIpc) is 2.60. The fourth-order valence-electron chi connectivity index (χ4n) is 3.48. The molecule has 144 valence electrons. The highest BCUT2D eigenvalue weighted by Crippen LogP contribution is 2.29. The van der Waals surface area contributed by atoms with E-state index in [1.54, 1.807) is 0 Å². The van der Waals surface area contributed by atoms with Crippen LogP contribution in [-0.4, -0.2) is 29.1 Å². The van der Waals surface area contributed by atoms with Crippen LogP contribution in [0.5, 0.6) is 5.75 Å². The van der Waals surface area contributed by atoms with Crippen LogP contribution in [0.15, 0.2) is 24.3 Å². The first-order valence-corrected chi connectivity index (χ1v) is 9.64. The number of aliphatic carboxylic acids is 1. The van der Waals surface area contributed by atoms with E-state index in [-0.39, 0.29) is 29.9 Å². The summed E-state index contributed by atoms with van der Waals surface area (Å²) in [5, 5.41) is 12.2. The molecule has 0 aromatic heterocycles. The summed E-state index contributed by atoms with van der Waals surface area (Å²) in [5.41, 5.74) is 1.21. The molecule has 26 heavy (non-hydrogen) atoms. The molecule has 1 aromatic carbocycles. The minimum Gasteiger partial charge on any atom is -0.491 e. The Kier molecular flexibility index (Phi) is 7.49. The molecule has 1 amide bonds. The number of hydrogen-bond donors (Lipinski definition) is 2. The number of benzene rings is 1. The molecule has 1 fully saturated rings. The molecule has 0 aliphatic heterocycles. The van der Waals surface area contributed by atoms with Crippen LogP contribution < -0.4 is 10.1 Å². The van der Waals surface area contributed by atoms with Crippen LogP contribution in [0.25, 0.3) is 0 Å². The Balaban J connectivity index is 1.76. The molecule has 3 atom stereocenters. The third-order valence-corrected chi connectivity index (χ3v) is 4.94. The molecule has 1 aromatic rings. The van der Waals surface area contributed by atoms with Gasteiger partial charge in [0.05, 0.1) is 12.0 Å². The number of nitrogens with one attached hydrogen (secondary N) is 1. The number of carbonyl (C=O) groups excluding carboxylic acids is 1. The highest BCUT2D eigenvalue weighted by molar-refractivity contribution is 5.80. The van der Waals surface area contributed by atoms with Crippen molar-refractivity contribution >= 4 is 11.9 Å². The van der Waals surface area contributed by atoms with Crippen molar-refractivity contribution in [2.75, 3.05) is 0 Å². The van der Waals surface area contributed by atoms with Crippen molar-refractivity contribution < 1.29 is 19.4 Å². The fraction of sp³-hybridized carbons (Fsp3) is 0.619. The molecule has 0 spiro atoms. The van der Waals surface area contributed by atoms with Gasteiger partial charge in [0.1, 0.15) is 5.75 Å². The van der Waals surface area contributed by atoms with E-state index in [0.29, 0.717) is 12.8 Å². The molecule has 0 bridgehead atoms. The zero-order valence-corrected chi connectivity index (χ0v) is 16.0. The lowest BCUT2D eigenvalue weighted by atomic mass is 9.81. The van der Waals surface area contributed by atoms with Gasteiger partial charge >= 0.3 is 5.97 Å². The topological polar surface area (TPSA) is 75.6 Å². The van der Waals surface area contributed by atoms with Crippen molar-refractivity contribution in [3.8, 4) is 5.75 Å². The summed E-state index contributed by atoms with van der Waals surface area (Å²) in [6.07, 6.45) is 4.65. The first-order chi connectivity index (χ1) is 12.3. The van der Waals surface area contributed by atoms with E-state index in [1.165, 1.54) is 5.56 Å². The van der Waals surface area contributed by atoms with Gasteiger partial charge in [-0.25, -0.2) is 0 Å². The van der Waals surface area contributed by atoms with Crippen LogP contribution in [0.1, 0.15) is 58.4 Å². The summed E-state index contributed by atoms with van der Waals surface area (Å²) in [5.74, 6) is -0.443. The zero-order valence-electron chi connectivity index (χ0n) is 16.0. The Bertz CT molecular complexity index is 597. The van der Waals surface area contributed by atoms with Crippen molar-refractivity contribution in [1.82, 2.24) is 5.32 Å². The van der Waals surface area contributed by atoms with E-state index in [9.17, 15) is 9.59 Å². The second-order valence-electron chi connectivity index (χ2n) is 7.66. The van der Waals surface area contributed by atoms with E-state index in [4.69, 9.17) is 9.84 Å². The van der Waals surface area contributed by atoms with E-state index >= 15 is 0 Å². The van der Waals surface area contributed by atoms with E-state index in [2.05, 4.69) is 17.4 Å². The summed E-state index contributed by atoms with van der Waals surface area (Å²) >= 11 is 0. The van der Waals surface area contributed by atoms with Crippen molar-refractivity contribution in [3.63, 3.8) is 0 Å². The molecular weight excluding hydrogens is 330 g/mol. The molecule has 2 N–H and O–H groups in total. The Morgan fingerprint density at radius 1 is 1.15 bits per heavy atom. The minimum atomic E-state index is -0.777. The van der Waals surface area contributed by atoms with Crippen LogP contribution in [0.4, 0.5) is 0 Å². The van der Waals surface area contributed by atoms with Crippen LogP contribution in [0, 0.1) is 11.8 Å². The number of carbonyl (C=O) groups is 2. The van der Waals surface area contributed by atoms with Gasteiger partial charge in [-0.05, 0) is 70.6 Å². The van der Waals surface area contributed by atoms with Crippen molar-refractivity contribution in [3.05, 3.63) is 29.8 Å². The lowest BCUT2D eigenvalue weighted by Crippen LogP contribution is -2.40. The fourth-order valence-corrected chi connectivity index (χ4v) is 3.48. The molecule has 0 heterocycles. The molecule has 1 aliphatic carbocycles. The third kappa shape index (κ3) is 6.36. The molecule has 5 nitrogen and oxygen atoms in total. The minimum absolute atomic E-state index is 0.00383. The molecule has 1 saturated carbocycles. The van der Waals surface area contributed by atoms with Gasteiger partial charge in [-0.1, -0.05) is 18.6 Å². The number of hydrogen-bond acceptors (Lipinski definition) is 3. The lowest BCUT2D eigenvalue weighted by Gasteiger charge is -2.27. The molecular formula is C21H31NO4. The van der Waals surface area contributed by atoms with Crippen molar-refractivity contribution in [1.29, 1.82) is 0 Å². The molecule has 2 rings (SSSR count). The summed E-state index contributed by atoms with van der Waals surface area (Å²) in [6, 6.07) is 8.15. The maximum absolute atomic E-state index is 12.4. The van der Waals surface area contributed by atoms with Crippen molar-refractivity contribution in [2.24, 2.45) is 11.8 Å². The normalized spacial score (nSPS) is 21.2. The van der Waals surface area contributed by atoms with Gasteiger partial charge < -0.3 is 15.2 Å². The second-order valence-corrected chi connectivity index (χ2v) is 7.66. The van der Waals surface area contributed by atoms with Gasteiger partial charge in [-0.3, -0.25) is 9.59 Å². The SMILES string of the molecule is CC(CCc1ccc(OC(C)C)cc1)NC(=O)C1CCCC(C(=O)O)C1. The maximum Gasteiger partial charge on any atom is 0.306 e. The summed E-state index contributed by atoms with van der Waals surface area (Å²) in [4.78, 5) is 23.6. The van der Waals surface area contributed by atoms with Gasteiger partial charge in [0.15, 0.2) is 0 Å². The monoisotopic (exact) mass is 361 g/mol. The Labute approximate surface area is 156 Å². The van der Waals surface area contributed by atoms with Gasteiger partial charge in [0.2, 0.25) is 5.91 Å². The Morgan fingerprint density at radius 3 is 2.42 bits per heavy atom. The Hall–Kier alpha value is -2.04. The van der Waals surface area contributed by atoms with Gasteiger partial charge in [-0.15, -0.1) is 0 Å². The molecule has 0 radical (unpaired) electrons. The van der Waals surface area contributed by atoms with Crippen molar-refractivity contribution in [2.45, 2.75) is 71.4 Å². The smallest absolute Gasteiger partial charge is 0.306 e. The van der Waals surface area contributed by atoms with Crippen LogP contribution >= 0.6 is 0 Å². The largest absolute Gasteiger partial charge is 0.491 e. The number of rotatable bonds is 8. The quantitative estimate of drug-likeness (QED) is 0.738. The predicted octanol–water partition coefficient (Wildman–Crippen LogP) is 3.80. The standard InChI is InChI=1S/C21H31NO4/c1-14(2)26-19-11-9-16(10-12-19)8-7-15(3)22-20(23)17-5-4-6-18(13-17)21(24)25/h9-12,14-15,17-18H,4-8,13H2,1-3H3,(H,22,23)(H,24,25). The maximum atomic E-state index is 12.4. The first-order valence-electron chi connectivity index (χ1n) is 9.64. The number of carboxylic acid groups (broad SMARTS) is 1. The number of carboxylic acids is 1. The number of ether oxygens (including phenoxy) is 1. The summed E-state index contributed by atoms with van der Waals surface area (Å²) in [7, 11) is 0. The van der Waals surface area contributed by atoms with E-state index in [0.717, 1.165) is 31.4 Å². The number of aryl methyl sites for hydroxylation is 1. The third-order valence-electron chi connectivity index (χ3n) is 4.94. The first kappa shape index (κ1) is 20.3. The lowest BCUT2D eigenvalue weighted by molar-refractivity contribution is -0.144. The van der Waals surface area contributed by atoms with Gasteiger partial charge in [0, 0.05) is 12.0 Å². The summed E-state index contributed by atoms with van der Waals surface area (Å²) < 4.78 is 5.64. The Morgan fingerprint density at radius 2 is 1.81 bits per heavy atom. The molecule has 0 saturated heterocycles. The van der Waals surface area contributed by atoms with Crippen LogP contribution in [0.3, 0.4) is 0 Å². The molecule has 3 unspecified atom stereocenters.